The van der Waals surface area contributed by atoms with E-state index in [0.29, 0.717) is 11.6 Å². The Balaban J connectivity index is 1.65. The van der Waals surface area contributed by atoms with Gasteiger partial charge in [0.05, 0.1) is 22.0 Å². The Hall–Kier alpha value is -2.54. The Bertz CT molecular complexity index is 936. The summed E-state index contributed by atoms with van der Waals surface area (Å²) >= 11 is 1.56. The van der Waals surface area contributed by atoms with Crippen LogP contribution < -0.4 is 10.6 Å². The van der Waals surface area contributed by atoms with Gasteiger partial charge in [-0.25, -0.2) is 9.97 Å². The highest BCUT2D eigenvalue weighted by Crippen LogP contribution is 2.29. The number of carbonyl (C=O) groups excluding carboxylic acids is 1. The molecule has 4 rings (SSSR count). The molecule has 0 radical (unpaired) electrons. The van der Waals surface area contributed by atoms with Gasteiger partial charge in [0.15, 0.2) is 5.69 Å². The third kappa shape index (κ3) is 3.39. The molecular weight excluding hydrogens is 346 g/mol. The van der Waals surface area contributed by atoms with Crippen molar-refractivity contribution in [3.63, 3.8) is 0 Å². The SMILES string of the molecule is Cc1cc2nc(N[C@@H](C)c3ccccn3)nc(C(=O)NC3CCC3)c2s1. The zero-order valence-corrected chi connectivity index (χ0v) is 15.6. The first-order valence-corrected chi connectivity index (χ1v) is 9.68. The second-order valence-electron chi connectivity index (χ2n) is 6.69. The van der Waals surface area contributed by atoms with Gasteiger partial charge in [-0.05, 0) is 51.3 Å². The smallest absolute Gasteiger partial charge is 0.271 e. The minimum Gasteiger partial charge on any atom is -0.348 e. The zero-order chi connectivity index (χ0) is 18.1. The van der Waals surface area contributed by atoms with E-state index in [2.05, 4.69) is 25.6 Å². The van der Waals surface area contributed by atoms with Crippen LogP contribution >= 0.6 is 11.3 Å². The van der Waals surface area contributed by atoms with Crippen LogP contribution in [0.1, 0.15) is 53.3 Å². The van der Waals surface area contributed by atoms with E-state index in [1.54, 1.807) is 17.5 Å². The summed E-state index contributed by atoms with van der Waals surface area (Å²) in [6, 6.07) is 8.00. The lowest BCUT2D eigenvalue weighted by Crippen LogP contribution is -2.39. The molecule has 3 heterocycles. The van der Waals surface area contributed by atoms with E-state index >= 15 is 0 Å². The Kier molecular flexibility index (Phi) is 4.55. The van der Waals surface area contributed by atoms with E-state index in [-0.39, 0.29) is 18.0 Å². The zero-order valence-electron chi connectivity index (χ0n) is 14.8. The molecule has 1 aliphatic rings. The summed E-state index contributed by atoms with van der Waals surface area (Å²) in [7, 11) is 0. The van der Waals surface area contributed by atoms with Crippen molar-refractivity contribution in [2.24, 2.45) is 0 Å². The van der Waals surface area contributed by atoms with Crippen molar-refractivity contribution in [1.29, 1.82) is 0 Å². The van der Waals surface area contributed by atoms with Crippen molar-refractivity contribution < 1.29 is 4.79 Å². The van der Waals surface area contributed by atoms with Gasteiger partial charge < -0.3 is 10.6 Å². The number of amides is 1. The Morgan fingerprint density at radius 1 is 1.31 bits per heavy atom. The number of rotatable bonds is 5. The van der Waals surface area contributed by atoms with Crippen molar-refractivity contribution in [3.8, 4) is 0 Å². The Morgan fingerprint density at radius 3 is 2.85 bits per heavy atom. The summed E-state index contributed by atoms with van der Waals surface area (Å²) in [6.07, 6.45) is 5.03. The summed E-state index contributed by atoms with van der Waals surface area (Å²) in [5.74, 6) is 0.338. The number of anilines is 1. The molecule has 0 aliphatic heterocycles. The molecule has 1 fully saturated rings. The number of hydrogen-bond donors (Lipinski definition) is 2. The third-order valence-corrected chi connectivity index (χ3v) is 5.67. The Morgan fingerprint density at radius 2 is 2.15 bits per heavy atom. The molecule has 26 heavy (non-hydrogen) atoms. The number of aromatic nitrogens is 3. The van der Waals surface area contributed by atoms with E-state index in [4.69, 9.17) is 0 Å². The topological polar surface area (TPSA) is 79.8 Å². The van der Waals surface area contributed by atoms with E-state index in [1.807, 2.05) is 38.1 Å². The predicted molar refractivity (Wildman–Crippen MR) is 104 cm³/mol. The minimum atomic E-state index is -0.113. The van der Waals surface area contributed by atoms with E-state index in [0.717, 1.165) is 33.6 Å². The van der Waals surface area contributed by atoms with Gasteiger partial charge in [-0.15, -0.1) is 11.3 Å². The van der Waals surface area contributed by atoms with E-state index < -0.39 is 0 Å². The average Bonchev–Trinajstić information content (AvgIpc) is 2.98. The van der Waals surface area contributed by atoms with Gasteiger partial charge in [-0.2, -0.15) is 0 Å². The number of fused-ring (bicyclic) bond motifs is 1. The van der Waals surface area contributed by atoms with Crippen LogP contribution in [-0.4, -0.2) is 26.9 Å². The van der Waals surface area contributed by atoms with Crippen LogP contribution in [0.5, 0.6) is 0 Å². The fourth-order valence-corrected chi connectivity index (χ4v) is 3.91. The third-order valence-electron chi connectivity index (χ3n) is 4.63. The van der Waals surface area contributed by atoms with Crippen molar-refractivity contribution in [3.05, 3.63) is 46.7 Å². The van der Waals surface area contributed by atoms with Crippen molar-refractivity contribution in [1.82, 2.24) is 20.3 Å². The van der Waals surface area contributed by atoms with Gasteiger partial charge in [0.25, 0.3) is 5.91 Å². The summed E-state index contributed by atoms with van der Waals surface area (Å²) in [4.78, 5) is 27.4. The summed E-state index contributed by atoms with van der Waals surface area (Å²) < 4.78 is 0.843. The second kappa shape index (κ2) is 6.99. The van der Waals surface area contributed by atoms with Gasteiger partial charge in [0.1, 0.15) is 0 Å². The highest BCUT2D eigenvalue weighted by molar-refractivity contribution is 7.19. The number of nitrogens with zero attached hydrogens (tertiary/aromatic N) is 3. The fourth-order valence-electron chi connectivity index (χ4n) is 2.97. The lowest BCUT2D eigenvalue weighted by atomic mass is 9.93. The monoisotopic (exact) mass is 367 g/mol. The maximum Gasteiger partial charge on any atom is 0.271 e. The number of aryl methyl sites for hydroxylation is 1. The van der Waals surface area contributed by atoms with Crippen LogP contribution in [-0.2, 0) is 0 Å². The molecular formula is C19H21N5OS. The standard InChI is InChI=1S/C19H21N5OS/c1-11-10-15-17(26-11)16(18(25)22-13-6-5-7-13)24-19(23-15)21-12(2)14-8-3-4-9-20-14/h3-4,8-10,12-13H,5-7H2,1-2H3,(H,22,25)(H,21,23,24)/t12-/m0/s1. The highest BCUT2D eigenvalue weighted by atomic mass is 32.1. The van der Waals surface area contributed by atoms with E-state index in [1.165, 1.54) is 6.42 Å². The molecule has 134 valence electrons. The molecule has 6 nitrogen and oxygen atoms in total. The number of nitrogens with one attached hydrogen (secondary N) is 2. The first-order chi connectivity index (χ1) is 12.6. The van der Waals surface area contributed by atoms with Crippen LogP contribution in [0, 0.1) is 6.92 Å². The maximum atomic E-state index is 12.7. The molecule has 1 saturated carbocycles. The molecule has 0 bridgehead atoms. The van der Waals surface area contributed by atoms with Gasteiger partial charge in [0, 0.05) is 17.1 Å². The molecule has 3 aromatic rings. The first-order valence-electron chi connectivity index (χ1n) is 8.86. The van der Waals surface area contributed by atoms with Gasteiger partial charge >= 0.3 is 0 Å². The first kappa shape index (κ1) is 16.9. The summed E-state index contributed by atoms with van der Waals surface area (Å²) in [5.41, 5.74) is 2.16. The minimum absolute atomic E-state index is 0.0593. The number of carbonyl (C=O) groups is 1. The number of pyridine rings is 1. The molecule has 1 atom stereocenters. The largest absolute Gasteiger partial charge is 0.348 e. The van der Waals surface area contributed by atoms with Crippen molar-refractivity contribution in [2.45, 2.75) is 45.2 Å². The lowest BCUT2D eigenvalue weighted by molar-refractivity contribution is 0.0914. The van der Waals surface area contributed by atoms with E-state index in [9.17, 15) is 4.79 Å². The van der Waals surface area contributed by atoms with Gasteiger partial charge in [-0.1, -0.05) is 6.07 Å². The molecule has 1 amide bonds. The molecule has 0 spiro atoms. The summed E-state index contributed by atoms with van der Waals surface area (Å²) in [6.45, 7) is 4.02. The molecule has 0 unspecified atom stereocenters. The van der Waals surface area contributed by atoms with Crippen molar-refractivity contribution >= 4 is 33.4 Å². The molecule has 7 heteroatoms. The molecule has 3 aromatic heterocycles. The molecule has 1 aliphatic carbocycles. The van der Waals surface area contributed by atoms with Crippen LogP contribution in [0.3, 0.4) is 0 Å². The average molecular weight is 367 g/mol. The maximum absolute atomic E-state index is 12.7. The van der Waals surface area contributed by atoms with Gasteiger partial charge in [0.2, 0.25) is 5.95 Å². The van der Waals surface area contributed by atoms with Crippen LogP contribution in [0.4, 0.5) is 5.95 Å². The number of hydrogen-bond acceptors (Lipinski definition) is 6. The lowest BCUT2D eigenvalue weighted by Gasteiger charge is -2.26. The molecule has 0 aromatic carbocycles. The second-order valence-corrected chi connectivity index (χ2v) is 7.95. The van der Waals surface area contributed by atoms with Crippen LogP contribution in [0.2, 0.25) is 0 Å². The van der Waals surface area contributed by atoms with Crippen LogP contribution in [0.25, 0.3) is 10.2 Å². The Labute approximate surface area is 156 Å². The quantitative estimate of drug-likeness (QED) is 0.716. The predicted octanol–water partition coefficient (Wildman–Crippen LogP) is 3.85. The number of thiophene rings is 1. The summed E-state index contributed by atoms with van der Waals surface area (Å²) in [5, 5.41) is 6.36. The van der Waals surface area contributed by atoms with Crippen LogP contribution in [0.15, 0.2) is 30.5 Å². The molecule has 0 saturated heterocycles. The normalized spacial score (nSPS) is 15.5. The van der Waals surface area contributed by atoms with Gasteiger partial charge in [-0.3, -0.25) is 9.78 Å². The highest BCUT2D eigenvalue weighted by Gasteiger charge is 2.24. The van der Waals surface area contributed by atoms with Crippen molar-refractivity contribution in [2.75, 3.05) is 5.32 Å². The molecule has 2 N–H and O–H groups in total. The fraction of sp³-hybridized carbons (Fsp3) is 0.368.